The van der Waals surface area contributed by atoms with Crippen molar-refractivity contribution in [1.82, 2.24) is 15.1 Å². The molecule has 2 atom stereocenters. The Morgan fingerprint density at radius 3 is 2.76 bits per heavy atom. The van der Waals surface area contributed by atoms with Gasteiger partial charge in [-0.05, 0) is 52.9 Å². The molecule has 7 heteroatoms. The number of amides is 2. The number of hydrogen-bond donors (Lipinski definition) is 2. The van der Waals surface area contributed by atoms with E-state index < -0.39 is 5.60 Å². The highest BCUT2D eigenvalue weighted by Crippen LogP contribution is 2.28. The van der Waals surface area contributed by atoms with Crippen molar-refractivity contribution in [3.63, 3.8) is 0 Å². The summed E-state index contributed by atoms with van der Waals surface area (Å²) in [5.41, 5.74) is 0.649. The minimum absolute atomic E-state index is 0.188. The molecule has 1 aromatic rings. The lowest BCUT2D eigenvalue weighted by molar-refractivity contribution is -0.160. The predicted octanol–water partition coefficient (Wildman–Crippen LogP) is 2.85. The monoisotopic (exact) mass is 348 g/mol. The molecule has 3 rings (SSSR count). The van der Waals surface area contributed by atoms with Crippen LogP contribution >= 0.6 is 0 Å². The van der Waals surface area contributed by atoms with Crippen LogP contribution in [-0.2, 0) is 22.5 Å². The van der Waals surface area contributed by atoms with Crippen molar-refractivity contribution in [2.24, 2.45) is 5.92 Å². The second kappa shape index (κ2) is 7.06. The normalized spacial score (nSPS) is 23.0. The number of rotatable bonds is 3. The maximum absolute atomic E-state index is 12.3. The molecule has 0 bridgehead atoms. The molecule has 1 saturated carbocycles. The summed E-state index contributed by atoms with van der Waals surface area (Å²) in [6.45, 7) is 6.47. The third-order valence-corrected chi connectivity index (χ3v) is 4.70. The minimum atomic E-state index is -0.512. The van der Waals surface area contributed by atoms with E-state index in [4.69, 9.17) is 4.74 Å². The molecule has 0 saturated heterocycles. The molecule has 1 aliphatic carbocycles. The van der Waals surface area contributed by atoms with Gasteiger partial charge < -0.3 is 10.1 Å². The first-order valence-corrected chi connectivity index (χ1v) is 9.19. The summed E-state index contributed by atoms with van der Waals surface area (Å²) in [6.07, 6.45) is 5.74. The zero-order valence-electron chi connectivity index (χ0n) is 15.3. The van der Waals surface area contributed by atoms with Crippen molar-refractivity contribution >= 4 is 17.8 Å². The van der Waals surface area contributed by atoms with Gasteiger partial charge in [0, 0.05) is 24.3 Å². The lowest BCUT2D eigenvalue weighted by Gasteiger charge is -2.25. The van der Waals surface area contributed by atoms with Crippen molar-refractivity contribution in [3.05, 3.63) is 11.8 Å². The molecule has 0 aromatic carbocycles. The van der Waals surface area contributed by atoms with Crippen molar-refractivity contribution in [3.8, 4) is 0 Å². The van der Waals surface area contributed by atoms with Crippen LogP contribution in [0.2, 0.25) is 0 Å². The molecular weight excluding hydrogens is 320 g/mol. The fraction of sp³-hybridized carbons (Fsp3) is 0.722. The van der Waals surface area contributed by atoms with Crippen molar-refractivity contribution in [2.45, 2.75) is 77.5 Å². The summed E-state index contributed by atoms with van der Waals surface area (Å²) >= 11 is 0. The number of carbonyl (C=O) groups excluding carboxylic acids is 2. The first kappa shape index (κ1) is 17.8. The average Bonchev–Trinajstić information content (AvgIpc) is 3.11. The molecule has 2 aliphatic rings. The molecule has 2 heterocycles. The van der Waals surface area contributed by atoms with Crippen molar-refractivity contribution in [1.29, 1.82) is 0 Å². The molecule has 0 spiro atoms. The summed E-state index contributed by atoms with van der Waals surface area (Å²) < 4.78 is 7.44. The number of nitrogens with one attached hydrogen (secondary N) is 2. The van der Waals surface area contributed by atoms with Crippen LogP contribution in [0.3, 0.4) is 0 Å². The highest BCUT2D eigenvalue weighted by molar-refractivity contribution is 5.89. The van der Waals surface area contributed by atoms with Gasteiger partial charge in [-0.15, -0.1) is 0 Å². The third-order valence-electron chi connectivity index (χ3n) is 4.70. The fourth-order valence-electron chi connectivity index (χ4n) is 3.59. The van der Waals surface area contributed by atoms with E-state index in [1.54, 1.807) is 0 Å². The lowest BCUT2D eigenvalue weighted by atomic mass is 10.0. The van der Waals surface area contributed by atoms with Gasteiger partial charge in [0.25, 0.3) is 0 Å². The maximum atomic E-state index is 12.3. The van der Waals surface area contributed by atoms with Crippen LogP contribution < -0.4 is 10.6 Å². The number of aromatic nitrogens is 2. The number of esters is 1. The zero-order valence-corrected chi connectivity index (χ0v) is 15.3. The van der Waals surface area contributed by atoms with Gasteiger partial charge in [-0.2, -0.15) is 5.10 Å². The Kier molecular flexibility index (Phi) is 5.01. The van der Waals surface area contributed by atoms with Crippen LogP contribution in [0.25, 0.3) is 0 Å². The van der Waals surface area contributed by atoms with Crippen LogP contribution in [0.15, 0.2) is 6.07 Å². The lowest BCUT2D eigenvalue weighted by Crippen LogP contribution is -2.44. The Morgan fingerprint density at radius 2 is 2.04 bits per heavy atom. The van der Waals surface area contributed by atoms with Crippen LogP contribution in [0, 0.1) is 5.92 Å². The van der Waals surface area contributed by atoms with E-state index in [0.29, 0.717) is 5.82 Å². The summed E-state index contributed by atoms with van der Waals surface area (Å²) in [4.78, 5) is 24.6. The number of fused-ring (bicyclic) bond motifs is 1. The standard InChI is InChI=1S/C18H28N4O3/c1-18(2,3)25-16(23)13-8-6-9-14(13)19-17(24)20-15-11-12-7-4-5-10-22(12)21-15/h11,13-14H,4-10H2,1-3H3,(H2,19,20,21,24)/t13-,14+/m1/s1. The van der Waals surface area contributed by atoms with Crippen molar-refractivity contribution in [2.75, 3.05) is 5.32 Å². The van der Waals surface area contributed by atoms with E-state index >= 15 is 0 Å². The topological polar surface area (TPSA) is 85.2 Å². The summed E-state index contributed by atoms with van der Waals surface area (Å²) in [5.74, 6) is 0.0640. The Morgan fingerprint density at radius 1 is 1.24 bits per heavy atom. The van der Waals surface area contributed by atoms with E-state index in [-0.39, 0.29) is 24.0 Å². The molecule has 1 aliphatic heterocycles. The number of nitrogens with zero attached hydrogens (tertiary/aromatic N) is 2. The predicted molar refractivity (Wildman–Crippen MR) is 94.3 cm³/mol. The summed E-state index contributed by atoms with van der Waals surface area (Å²) in [6, 6.07) is 1.43. The molecule has 1 aromatic heterocycles. The molecule has 0 unspecified atom stereocenters. The van der Waals surface area contributed by atoms with E-state index in [0.717, 1.165) is 50.8 Å². The van der Waals surface area contributed by atoms with Gasteiger partial charge in [0.1, 0.15) is 5.60 Å². The molecular formula is C18H28N4O3. The Balaban J connectivity index is 1.56. The van der Waals surface area contributed by atoms with E-state index in [2.05, 4.69) is 15.7 Å². The molecule has 2 N–H and O–H groups in total. The second-order valence-corrected chi connectivity index (χ2v) is 7.98. The second-order valence-electron chi connectivity index (χ2n) is 7.98. The molecule has 138 valence electrons. The minimum Gasteiger partial charge on any atom is -0.460 e. The molecule has 25 heavy (non-hydrogen) atoms. The number of aryl methyl sites for hydroxylation is 2. The Labute approximate surface area is 148 Å². The number of ether oxygens (including phenoxy) is 1. The van der Waals surface area contributed by atoms with Crippen LogP contribution in [0.5, 0.6) is 0 Å². The molecule has 7 nitrogen and oxygen atoms in total. The largest absolute Gasteiger partial charge is 0.460 e. The summed E-state index contributed by atoms with van der Waals surface area (Å²) in [5, 5.41) is 10.1. The molecule has 0 radical (unpaired) electrons. The van der Waals surface area contributed by atoms with Gasteiger partial charge in [0.15, 0.2) is 5.82 Å². The quantitative estimate of drug-likeness (QED) is 0.823. The number of carbonyl (C=O) groups is 2. The van der Waals surface area contributed by atoms with E-state index in [9.17, 15) is 9.59 Å². The molecule has 2 amide bonds. The van der Waals surface area contributed by atoms with Gasteiger partial charge in [-0.25, -0.2) is 4.79 Å². The molecule has 1 fully saturated rings. The number of urea groups is 1. The van der Waals surface area contributed by atoms with Crippen molar-refractivity contribution < 1.29 is 14.3 Å². The highest BCUT2D eigenvalue weighted by Gasteiger charge is 2.36. The van der Waals surface area contributed by atoms with Gasteiger partial charge in [0.05, 0.1) is 5.92 Å². The average molecular weight is 348 g/mol. The smallest absolute Gasteiger partial charge is 0.320 e. The highest BCUT2D eigenvalue weighted by atomic mass is 16.6. The van der Waals surface area contributed by atoms with Gasteiger partial charge in [-0.1, -0.05) is 6.42 Å². The zero-order chi connectivity index (χ0) is 18.0. The van der Waals surface area contributed by atoms with E-state index in [1.165, 1.54) is 0 Å². The van der Waals surface area contributed by atoms with Crippen LogP contribution in [0.1, 0.15) is 58.6 Å². The van der Waals surface area contributed by atoms with Gasteiger partial charge >= 0.3 is 12.0 Å². The van der Waals surface area contributed by atoms with Crippen LogP contribution in [-0.4, -0.2) is 33.4 Å². The number of anilines is 1. The van der Waals surface area contributed by atoms with Gasteiger partial charge in [0.2, 0.25) is 0 Å². The summed E-state index contributed by atoms with van der Waals surface area (Å²) in [7, 11) is 0. The Hall–Kier alpha value is -2.05. The maximum Gasteiger partial charge on any atom is 0.320 e. The van der Waals surface area contributed by atoms with Crippen LogP contribution in [0.4, 0.5) is 10.6 Å². The first-order chi connectivity index (χ1) is 11.8. The third kappa shape index (κ3) is 4.52. The first-order valence-electron chi connectivity index (χ1n) is 9.19. The van der Waals surface area contributed by atoms with Gasteiger partial charge in [-0.3, -0.25) is 14.8 Å². The Bertz CT molecular complexity index is 624. The van der Waals surface area contributed by atoms with E-state index in [1.807, 2.05) is 31.5 Å². The number of hydrogen-bond acceptors (Lipinski definition) is 4. The SMILES string of the molecule is CC(C)(C)OC(=O)[C@@H]1CCC[C@@H]1NC(=O)Nc1cc2n(n1)CCCC2. The fourth-order valence-corrected chi connectivity index (χ4v) is 3.59.